The first-order valence-electron chi connectivity index (χ1n) is 9.92. The van der Waals surface area contributed by atoms with E-state index in [2.05, 4.69) is 38.0 Å². The van der Waals surface area contributed by atoms with Gasteiger partial charge in [0.1, 0.15) is 11.6 Å². The second kappa shape index (κ2) is 7.37. The highest BCUT2D eigenvalue weighted by Crippen LogP contribution is 2.26. The minimum Gasteiger partial charge on any atom is -0.493 e. The standard InChI is InChI=1S/C22H24N4O2/c27-22-18-3-1-2-4-19(18)23-21(24-22)15-26-10-8-25(9-11-26)14-16-5-6-20-17(13-16)7-12-28-20/h1-6,13H,7-12,14-15H2,(H,23,24,27). The first-order chi connectivity index (χ1) is 13.7. The van der Waals surface area contributed by atoms with E-state index in [0.717, 1.165) is 62.8 Å². The smallest absolute Gasteiger partial charge is 0.258 e. The van der Waals surface area contributed by atoms with Gasteiger partial charge in [-0.05, 0) is 29.3 Å². The van der Waals surface area contributed by atoms with Gasteiger partial charge in [-0.2, -0.15) is 0 Å². The van der Waals surface area contributed by atoms with Crippen molar-refractivity contribution in [1.82, 2.24) is 19.8 Å². The molecule has 6 nitrogen and oxygen atoms in total. The highest BCUT2D eigenvalue weighted by molar-refractivity contribution is 5.77. The maximum Gasteiger partial charge on any atom is 0.258 e. The van der Waals surface area contributed by atoms with E-state index in [1.165, 1.54) is 11.1 Å². The topological polar surface area (TPSA) is 61.5 Å². The number of piperazine rings is 1. The van der Waals surface area contributed by atoms with Crippen molar-refractivity contribution < 1.29 is 4.74 Å². The summed E-state index contributed by atoms with van der Waals surface area (Å²) < 4.78 is 5.60. The van der Waals surface area contributed by atoms with Crippen LogP contribution in [0.3, 0.4) is 0 Å². The Kier molecular flexibility index (Phi) is 4.58. The third kappa shape index (κ3) is 3.53. The molecule has 2 aromatic carbocycles. The number of H-pyrrole nitrogens is 1. The summed E-state index contributed by atoms with van der Waals surface area (Å²) in [6.45, 7) is 6.46. The summed E-state index contributed by atoms with van der Waals surface area (Å²) in [5.41, 5.74) is 3.40. The van der Waals surface area contributed by atoms with Gasteiger partial charge in [0.05, 0.1) is 24.1 Å². The van der Waals surface area contributed by atoms with Crippen LogP contribution in [-0.2, 0) is 19.5 Å². The molecule has 1 saturated heterocycles. The van der Waals surface area contributed by atoms with E-state index in [-0.39, 0.29) is 5.56 Å². The molecule has 0 radical (unpaired) electrons. The predicted octanol–water partition coefficient (Wildman–Crippen LogP) is 2.18. The van der Waals surface area contributed by atoms with Gasteiger partial charge in [0, 0.05) is 39.1 Å². The van der Waals surface area contributed by atoms with Crippen LogP contribution in [0.15, 0.2) is 47.3 Å². The van der Waals surface area contributed by atoms with E-state index in [0.29, 0.717) is 11.9 Å². The number of nitrogens with one attached hydrogen (secondary N) is 1. The van der Waals surface area contributed by atoms with Gasteiger partial charge in [-0.1, -0.05) is 24.3 Å². The molecule has 0 bridgehead atoms. The van der Waals surface area contributed by atoms with Crippen molar-refractivity contribution in [2.24, 2.45) is 0 Å². The molecule has 0 aliphatic carbocycles. The lowest BCUT2D eigenvalue weighted by molar-refractivity contribution is 0.120. The molecule has 2 aliphatic heterocycles. The maximum atomic E-state index is 12.2. The van der Waals surface area contributed by atoms with Crippen LogP contribution in [0, 0.1) is 0 Å². The van der Waals surface area contributed by atoms with E-state index >= 15 is 0 Å². The SMILES string of the molecule is O=c1[nH]c(CN2CCN(Cc3ccc4c(c3)CCO4)CC2)nc2ccccc12. The van der Waals surface area contributed by atoms with Gasteiger partial charge in [-0.3, -0.25) is 14.6 Å². The van der Waals surface area contributed by atoms with Crippen LogP contribution in [-0.4, -0.2) is 52.6 Å². The number of benzene rings is 2. The number of hydrogen-bond donors (Lipinski definition) is 1. The fourth-order valence-electron chi connectivity index (χ4n) is 4.12. The second-order valence-corrected chi connectivity index (χ2v) is 7.62. The van der Waals surface area contributed by atoms with E-state index in [9.17, 15) is 4.79 Å². The Hall–Kier alpha value is -2.70. The lowest BCUT2D eigenvalue weighted by atomic mass is 10.1. The Morgan fingerprint density at radius 1 is 1.00 bits per heavy atom. The molecule has 6 heteroatoms. The molecule has 5 rings (SSSR count). The molecule has 0 unspecified atom stereocenters. The molecule has 3 heterocycles. The fraction of sp³-hybridized carbons (Fsp3) is 0.364. The molecule has 0 amide bonds. The Balaban J connectivity index is 1.20. The summed E-state index contributed by atoms with van der Waals surface area (Å²) in [4.78, 5) is 24.7. The number of rotatable bonds is 4. The average Bonchev–Trinajstić information content (AvgIpc) is 3.17. The number of fused-ring (bicyclic) bond motifs is 2. The zero-order chi connectivity index (χ0) is 18.9. The normalized spacial score (nSPS) is 17.6. The maximum absolute atomic E-state index is 12.2. The molecule has 0 spiro atoms. The van der Waals surface area contributed by atoms with Crippen LogP contribution in [0.5, 0.6) is 5.75 Å². The van der Waals surface area contributed by atoms with Crippen molar-refractivity contribution >= 4 is 10.9 Å². The summed E-state index contributed by atoms with van der Waals surface area (Å²) in [5, 5.41) is 0.649. The number of aromatic nitrogens is 2. The van der Waals surface area contributed by atoms with Crippen molar-refractivity contribution in [2.45, 2.75) is 19.5 Å². The first-order valence-corrected chi connectivity index (χ1v) is 9.92. The third-order valence-electron chi connectivity index (χ3n) is 5.66. The van der Waals surface area contributed by atoms with E-state index in [1.54, 1.807) is 0 Å². The van der Waals surface area contributed by atoms with Gasteiger partial charge in [-0.15, -0.1) is 0 Å². The van der Waals surface area contributed by atoms with Gasteiger partial charge >= 0.3 is 0 Å². The van der Waals surface area contributed by atoms with Crippen LogP contribution in [0.2, 0.25) is 0 Å². The van der Waals surface area contributed by atoms with Gasteiger partial charge in [0.15, 0.2) is 0 Å². The van der Waals surface area contributed by atoms with Crippen LogP contribution in [0.1, 0.15) is 17.0 Å². The number of para-hydroxylation sites is 1. The Morgan fingerprint density at radius 3 is 2.64 bits per heavy atom. The van der Waals surface area contributed by atoms with E-state index < -0.39 is 0 Å². The van der Waals surface area contributed by atoms with Crippen LogP contribution < -0.4 is 10.3 Å². The Labute approximate surface area is 163 Å². The molecular formula is C22H24N4O2. The molecular weight excluding hydrogens is 352 g/mol. The van der Waals surface area contributed by atoms with Crippen LogP contribution in [0.25, 0.3) is 10.9 Å². The van der Waals surface area contributed by atoms with Crippen molar-refractivity contribution in [2.75, 3.05) is 32.8 Å². The summed E-state index contributed by atoms with van der Waals surface area (Å²) in [7, 11) is 0. The monoisotopic (exact) mass is 376 g/mol. The summed E-state index contributed by atoms with van der Waals surface area (Å²) in [5.74, 6) is 1.79. The number of nitrogens with zero attached hydrogens (tertiary/aromatic N) is 3. The first kappa shape index (κ1) is 17.4. The Morgan fingerprint density at radius 2 is 1.79 bits per heavy atom. The predicted molar refractivity (Wildman–Crippen MR) is 109 cm³/mol. The molecule has 0 atom stereocenters. The van der Waals surface area contributed by atoms with Crippen molar-refractivity contribution in [3.05, 3.63) is 69.8 Å². The Bertz CT molecular complexity index is 1050. The molecule has 2 aliphatic rings. The van der Waals surface area contributed by atoms with E-state index in [4.69, 9.17) is 4.74 Å². The number of ether oxygens (including phenoxy) is 1. The van der Waals surface area contributed by atoms with Gasteiger partial charge in [0.25, 0.3) is 5.56 Å². The zero-order valence-corrected chi connectivity index (χ0v) is 15.9. The zero-order valence-electron chi connectivity index (χ0n) is 15.9. The van der Waals surface area contributed by atoms with Gasteiger partial charge in [0.2, 0.25) is 0 Å². The molecule has 1 fully saturated rings. The van der Waals surface area contributed by atoms with E-state index in [1.807, 2.05) is 24.3 Å². The third-order valence-corrected chi connectivity index (χ3v) is 5.66. The lowest BCUT2D eigenvalue weighted by Gasteiger charge is -2.34. The second-order valence-electron chi connectivity index (χ2n) is 7.62. The molecule has 0 saturated carbocycles. The van der Waals surface area contributed by atoms with Crippen LogP contribution in [0.4, 0.5) is 0 Å². The molecule has 28 heavy (non-hydrogen) atoms. The largest absolute Gasteiger partial charge is 0.493 e. The van der Waals surface area contributed by atoms with Gasteiger partial charge < -0.3 is 9.72 Å². The minimum absolute atomic E-state index is 0.0557. The highest BCUT2D eigenvalue weighted by Gasteiger charge is 2.19. The fourth-order valence-corrected chi connectivity index (χ4v) is 4.12. The van der Waals surface area contributed by atoms with Crippen molar-refractivity contribution in [3.63, 3.8) is 0 Å². The summed E-state index contributed by atoms with van der Waals surface area (Å²) >= 11 is 0. The minimum atomic E-state index is -0.0557. The summed E-state index contributed by atoms with van der Waals surface area (Å²) in [6, 6.07) is 14.1. The van der Waals surface area contributed by atoms with Gasteiger partial charge in [-0.25, -0.2) is 4.98 Å². The molecule has 1 aromatic heterocycles. The van der Waals surface area contributed by atoms with Crippen molar-refractivity contribution in [1.29, 1.82) is 0 Å². The highest BCUT2D eigenvalue weighted by atomic mass is 16.5. The van der Waals surface area contributed by atoms with Crippen molar-refractivity contribution in [3.8, 4) is 5.75 Å². The molecule has 1 N–H and O–H groups in total. The quantitative estimate of drug-likeness (QED) is 0.756. The number of hydrogen-bond acceptors (Lipinski definition) is 5. The lowest BCUT2D eigenvalue weighted by Crippen LogP contribution is -2.45. The molecule has 144 valence electrons. The van der Waals surface area contributed by atoms with Crippen LogP contribution >= 0.6 is 0 Å². The average molecular weight is 376 g/mol. The molecule has 3 aromatic rings. The number of aromatic amines is 1. The summed E-state index contributed by atoms with van der Waals surface area (Å²) in [6.07, 6.45) is 1.02.